The molecule has 0 bridgehead atoms. The second-order valence-corrected chi connectivity index (χ2v) is 19.1. The number of anilines is 3. The minimum Gasteiger partial charge on any atom is -0.309 e. The molecule has 1 aromatic heterocycles. The van der Waals surface area contributed by atoms with Crippen molar-refractivity contribution in [3.63, 3.8) is 0 Å². The fourth-order valence-corrected chi connectivity index (χ4v) is 12.2. The topological polar surface area (TPSA) is 8.17 Å². The van der Waals surface area contributed by atoms with Gasteiger partial charge in [0.2, 0.25) is 0 Å². The van der Waals surface area contributed by atoms with Gasteiger partial charge in [0.15, 0.2) is 0 Å². The summed E-state index contributed by atoms with van der Waals surface area (Å²) < 4.78 is 2.39. The first kappa shape index (κ1) is 42.4. The molecule has 0 saturated carbocycles. The van der Waals surface area contributed by atoms with Gasteiger partial charge in [-0.1, -0.05) is 237 Å². The van der Waals surface area contributed by atoms with Crippen LogP contribution in [0.3, 0.4) is 0 Å². The van der Waals surface area contributed by atoms with E-state index in [1.165, 1.54) is 82.6 Å². The second-order valence-electron chi connectivity index (χ2n) is 19.1. The molecule has 12 aromatic carbocycles. The Bertz CT molecular complexity index is 4150. The van der Waals surface area contributed by atoms with Gasteiger partial charge in [-0.3, -0.25) is 0 Å². The minimum absolute atomic E-state index is 0.563. The molecule has 0 atom stereocenters. The number of benzene rings is 12. The van der Waals surface area contributed by atoms with Crippen LogP contribution in [0, 0.1) is 0 Å². The Morgan fingerprint density at radius 1 is 0.315 bits per heavy atom. The summed E-state index contributed by atoms with van der Waals surface area (Å²) >= 11 is 0. The lowest BCUT2D eigenvalue weighted by Gasteiger charge is -2.34. The quantitative estimate of drug-likeness (QED) is 0.140. The molecule has 0 fully saturated rings. The van der Waals surface area contributed by atoms with Gasteiger partial charge in [-0.2, -0.15) is 0 Å². The van der Waals surface area contributed by atoms with Crippen LogP contribution in [0.1, 0.15) is 22.3 Å². The molecular weight excluding hydrogens is 881 g/mol. The summed E-state index contributed by atoms with van der Waals surface area (Å²) in [7, 11) is 0. The lowest BCUT2D eigenvalue weighted by Crippen LogP contribution is -2.28. The van der Waals surface area contributed by atoms with Crippen molar-refractivity contribution in [1.82, 2.24) is 4.57 Å². The van der Waals surface area contributed by atoms with E-state index in [1.807, 2.05) is 0 Å². The Hall–Kier alpha value is -9.50. The molecule has 0 aliphatic heterocycles. The van der Waals surface area contributed by atoms with Crippen LogP contribution in [0.4, 0.5) is 17.1 Å². The number of para-hydroxylation sites is 3. The van der Waals surface area contributed by atoms with Crippen molar-refractivity contribution in [3.05, 3.63) is 313 Å². The molecule has 1 aliphatic carbocycles. The molecule has 2 nitrogen and oxygen atoms in total. The fourth-order valence-electron chi connectivity index (χ4n) is 12.2. The van der Waals surface area contributed by atoms with Gasteiger partial charge in [-0.15, -0.1) is 0 Å². The Labute approximate surface area is 426 Å². The number of hydrogen-bond acceptors (Lipinski definition) is 1. The highest BCUT2D eigenvalue weighted by atomic mass is 15.1. The summed E-state index contributed by atoms with van der Waals surface area (Å²) in [6.45, 7) is 0. The summed E-state index contributed by atoms with van der Waals surface area (Å²) in [6, 6.07) is 107. The first-order chi connectivity index (χ1) is 36.3. The van der Waals surface area contributed by atoms with Gasteiger partial charge in [0.1, 0.15) is 0 Å². The summed E-state index contributed by atoms with van der Waals surface area (Å²) in [5.41, 5.74) is 20.8. The number of fused-ring (bicyclic) bond motifs is 7. The Kier molecular flexibility index (Phi) is 10.1. The molecule has 14 rings (SSSR count). The zero-order chi connectivity index (χ0) is 48.3. The lowest BCUT2D eigenvalue weighted by atomic mass is 9.68. The van der Waals surface area contributed by atoms with E-state index >= 15 is 0 Å². The number of aromatic nitrogens is 1. The number of rotatable bonds is 9. The van der Waals surface area contributed by atoms with Crippen LogP contribution in [0.15, 0.2) is 291 Å². The predicted octanol–water partition coefficient (Wildman–Crippen LogP) is 18.8. The van der Waals surface area contributed by atoms with E-state index in [1.54, 1.807) is 0 Å². The van der Waals surface area contributed by atoms with E-state index < -0.39 is 5.41 Å². The monoisotopic (exact) mass is 928 g/mol. The van der Waals surface area contributed by atoms with Crippen LogP contribution in [-0.2, 0) is 5.41 Å². The zero-order valence-electron chi connectivity index (χ0n) is 40.1. The second kappa shape index (κ2) is 17.4. The maximum atomic E-state index is 2.55. The van der Waals surface area contributed by atoms with Crippen molar-refractivity contribution >= 4 is 49.6 Å². The average molecular weight is 929 g/mol. The predicted molar refractivity (Wildman–Crippen MR) is 307 cm³/mol. The molecule has 2 heteroatoms. The van der Waals surface area contributed by atoms with Gasteiger partial charge in [0, 0.05) is 33.3 Å². The summed E-state index contributed by atoms with van der Waals surface area (Å²) in [5.74, 6) is 0. The van der Waals surface area contributed by atoms with Gasteiger partial charge in [-0.05, 0) is 121 Å². The van der Waals surface area contributed by atoms with E-state index in [9.17, 15) is 0 Å². The minimum atomic E-state index is -0.563. The molecule has 0 saturated heterocycles. The van der Waals surface area contributed by atoms with Gasteiger partial charge in [-0.25, -0.2) is 0 Å². The van der Waals surface area contributed by atoms with Crippen molar-refractivity contribution in [3.8, 4) is 50.2 Å². The average Bonchev–Trinajstić information content (AvgIpc) is 3.97. The van der Waals surface area contributed by atoms with E-state index in [4.69, 9.17) is 0 Å². The maximum absolute atomic E-state index is 2.55. The lowest BCUT2D eigenvalue weighted by molar-refractivity contribution is 0.768. The van der Waals surface area contributed by atoms with Crippen LogP contribution in [-0.4, -0.2) is 4.57 Å². The van der Waals surface area contributed by atoms with Crippen LogP contribution in [0.5, 0.6) is 0 Å². The largest absolute Gasteiger partial charge is 0.309 e. The van der Waals surface area contributed by atoms with Gasteiger partial charge in [0.05, 0.1) is 27.8 Å². The molecule has 1 heterocycles. The molecule has 342 valence electrons. The highest BCUT2D eigenvalue weighted by Gasteiger charge is 2.47. The van der Waals surface area contributed by atoms with E-state index in [0.717, 1.165) is 39.4 Å². The molecule has 1 aliphatic rings. The van der Waals surface area contributed by atoms with E-state index in [2.05, 4.69) is 301 Å². The Morgan fingerprint density at radius 2 is 0.849 bits per heavy atom. The van der Waals surface area contributed by atoms with Crippen molar-refractivity contribution < 1.29 is 0 Å². The third-order valence-electron chi connectivity index (χ3n) is 15.3. The zero-order valence-corrected chi connectivity index (χ0v) is 40.1. The SMILES string of the molecule is c1ccc(-c2cccc3cccc(-c4ccccc4N(c4cccc(-c5ccc6c(c5)c5ccccc5n6-c5ccccc5)c4)c4cccc5c4-c4ccccc4C5(c4ccccc4)c4ccccc4)c23)cc1. The van der Waals surface area contributed by atoms with Crippen LogP contribution in [0.25, 0.3) is 82.8 Å². The standard InChI is InChI=1S/C71H48N2/c1-5-23-49(24-6-1)57-38-20-25-50-26-21-39-60(69(50)57)58-35-14-17-42-65(58)73(56-34-19-27-51(47-56)52-45-46-67-62(48-52)59-36-15-18-43-66(59)72(67)55-32-11-4-12-33-55)68-44-22-41-64-70(68)61-37-13-16-40-63(61)71(64,53-28-7-2-8-29-53)54-30-9-3-10-31-54/h1-48H. The molecule has 73 heavy (non-hydrogen) atoms. The van der Waals surface area contributed by atoms with E-state index in [0.29, 0.717) is 0 Å². The maximum Gasteiger partial charge on any atom is 0.0714 e. The van der Waals surface area contributed by atoms with Gasteiger partial charge < -0.3 is 9.47 Å². The van der Waals surface area contributed by atoms with Crippen molar-refractivity contribution in [2.45, 2.75) is 5.41 Å². The summed E-state index contributed by atoms with van der Waals surface area (Å²) in [4.78, 5) is 2.55. The van der Waals surface area contributed by atoms with Crippen molar-refractivity contribution in [2.75, 3.05) is 4.90 Å². The third-order valence-corrected chi connectivity index (χ3v) is 15.3. The number of nitrogens with zero attached hydrogens (tertiary/aromatic N) is 2. The van der Waals surface area contributed by atoms with Crippen LogP contribution in [0.2, 0.25) is 0 Å². The highest BCUT2D eigenvalue weighted by Crippen LogP contribution is 2.60. The smallest absolute Gasteiger partial charge is 0.0714 e. The molecule has 13 aromatic rings. The normalized spacial score (nSPS) is 12.5. The Balaban J connectivity index is 1.04. The van der Waals surface area contributed by atoms with E-state index in [-0.39, 0.29) is 0 Å². The molecule has 0 spiro atoms. The van der Waals surface area contributed by atoms with Crippen LogP contribution >= 0.6 is 0 Å². The highest BCUT2D eigenvalue weighted by molar-refractivity contribution is 6.12. The molecular formula is C71H48N2. The first-order valence-electron chi connectivity index (χ1n) is 25.3. The fraction of sp³-hybridized carbons (Fsp3) is 0.0141. The molecule has 0 amide bonds. The molecule has 0 unspecified atom stereocenters. The van der Waals surface area contributed by atoms with Gasteiger partial charge in [0.25, 0.3) is 0 Å². The number of hydrogen-bond donors (Lipinski definition) is 0. The van der Waals surface area contributed by atoms with Crippen molar-refractivity contribution in [1.29, 1.82) is 0 Å². The first-order valence-corrected chi connectivity index (χ1v) is 25.3. The van der Waals surface area contributed by atoms with Crippen LogP contribution < -0.4 is 4.90 Å². The van der Waals surface area contributed by atoms with Gasteiger partial charge >= 0.3 is 0 Å². The van der Waals surface area contributed by atoms with Crippen molar-refractivity contribution in [2.24, 2.45) is 0 Å². The molecule has 0 N–H and O–H groups in total. The molecule has 0 radical (unpaired) electrons. The summed E-state index contributed by atoms with van der Waals surface area (Å²) in [6.07, 6.45) is 0. The summed E-state index contributed by atoms with van der Waals surface area (Å²) in [5, 5.41) is 4.90. The third kappa shape index (κ3) is 6.72. The Morgan fingerprint density at radius 3 is 1.62 bits per heavy atom.